The average molecular weight is 573 g/mol. The SMILES string of the molecule is CC.CCCCC.CN=C1NC(c2ccccc2OC(F)(F)F)Nc2c(C)cccc21.CNC(C)c1ccccc1. The van der Waals surface area contributed by atoms with E-state index in [1.54, 1.807) is 19.2 Å². The molecule has 3 aromatic carbocycles. The van der Waals surface area contributed by atoms with E-state index in [2.05, 4.69) is 70.7 Å². The summed E-state index contributed by atoms with van der Waals surface area (Å²) >= 11 is 0. The van der Waals surface area contributed by atoms with Crippen LogP contribution in [0.2, 0.25) is 0 Å². The van der Waals surface area contributed by atoms with Crippen LogP contribution in [0.3, 0.4) is 0 Å². The summed E-state index contributed by atoms with van der Waals surface area (Å²) in [4.78, 5) is 4.21. The number of nitrogens with zero attached hydrogens (tertiary/aromatic N) is 1. The fraction of sp³-hybridized carbons (Fsp3) is 0.424. The second-order valence-corrected chi connectivity index (χ2v) is 9.15. The fourth-order valence-electron chi connectivity index (χ4n) is 3.99. The largest absolute Gasteiger partial charge is 0.573 e. The Kier molecular flexibility index (Phi) is 16.2. The summed E-state index contributed by atoms with van der Waals surface area (Å²) in [6.45, 7) is 12.5. The highest BCUT2D eigenvalue weighted by Crippen LogP contribution is 2.35. The number of fused-ring (bicyclic) bond motifs is 1. The minimum atomic E-state index is -4.75. The molecule has 1 heterocycles. The zero-order valence-electron chi connectivity index (χ0n) is 25.7. The van der Waals surface area contributed by atoms with Crippen LogP contribution in [0, 0.1) is 6.92 Å². The Bertz CT molecular complexity index is 1160. The summed E-state index contributed by atoms with van der Waals surface area (Å²) in [6, 6.07) is 22.6. The lowest BCUT2D eigenvalue weighted by Crippen LogP contribution is -2.39. The number of nitrogens with one attached hydrogen (secondary N) is 3. The normalized spacial score (nSPS) is 15.2. The predicted octanol–water partition coefficient (Wildman–Crippen LogP) is 9.17. The maximum atomic E-state index is 12.6. The highest BCUT2D eigenvalue weighted by Gasteiger charge is 2.34. The fourth-order valence-corrected chi connectivity index (χ4v) is 3.99. The number of para-hydroxylation sites is 2. The molecule has 0 bridgehead atoms. The first-order valence-electron chi connectivity index (χ1n) is 14.3. The molecule has 3 aromatic rings. The summed E-state index contributed by atoms with van der Waals surface area (Å²) in [5.74, 6) is 0.363. The molecule has 0 fully saturated rings. The molecule has 5 nitrogen and oxygen atoms in total. The van der Waals surface area contributed by atoms with Crippen LogP contribution in [0.15, 0.2) is 77.8 Å². The molecule has 226 valence electrons. The van der Waals surface area contributed by atoms with Crippen molar-refractivity contribution in [1.29, 1.82) is 0 Å². The molecule has 0 aliphatic carbocycles. The third-order valence-corrected chi connectivity index (χ3v) is 6.22. The van der Waals surface area contributed by atoms with Gasteiger partial charge in [-0.3, -0.25) is 4.99 Å². The summed E-state index contributed by atoms with van der Waals surface area (Å²) in [7, 11) is 3.60. The number of ether oxygens (including phenoxy) is 1. The van der Waals surface area contributed by atoms with Crippen molar-refractivity contribution in [2.75, 3.05) is 19.4 Å². The van der Waals surface area contributed by atoms with Crippen molar-refractivity contribution in [3.8, 4) is 5.75 Å². The Morgan fingerprint density at radius 2 is 1.51 bits per heavy atom. The van der Waals surface area contributed by atoms with Crippen molar-refractivity contribution >= 4 is 11.5 Å². The maximum absolute atomic E-state index is 12.6. The van der Waals surface area contributed by atoms with Crippen LogP contribution in [0.5, 0.6) is 5.75 Å². The lowest BCUT2D eigenvalue weighted by atomic mass is 10.0. The van der Waals surface area contributed by atoms with Crippen molar-refractivity contribution in [1.82, 2.24) is 10.6 Å². The Morgan fingerprint density at radius 1 is 0.902 bits per heavy atom. The molecule has 4 rings (SSSR count). The number of benzene rings is 3. The Morgan fingerprint density at radius 3 is 2.05 bits per heavy atom. The van der Waals surface area contributed by atoms with Gasteiger partial charge in [0.15, 0.2) is 0 Å². The van der Waals surface area contributed by atoms with Crippen LogP contribution in [-0.4, -0.2) is 26.3 Å². The van der Waals surface area contributed by atoms with Crippen molar-refractivity contribution < 1.29 is 17.9 Å². The lowest BCUT2D eigenvalue weighted by molar-refractivity contribution is -0.275. The van der Waals surface area contributed by atoms with E-state index in [9.17, 15) is 13.2 Å². The number of hydrogen-bond acceptors (Lipinski definition) is 4. The second kappa shape index (κ2) is 18.8. The highest BCUT2D eigenvalue weighted by atomic mass is 19.4. The topological polar surface area (TPSA) is 57.7 Å². The van der Waals surface area contributed by atoms with E-state index < -0.39 is 12.5 Å². The molecule has 0 saturated heterocycles. The zero-order chi connectivity index (χ0) is 30.8. The van der Waals surface area contributed by atoms with Crippen molar-refractivity contribution in [2.24, 2.45) is 4.99 Å². The van der Waals surface area contributed by atoms with E-state index in [0.717, 1.165) is 16.8 Å². The van der Waals surface area contributed by atoms with Crippen molar-refractivity contribution in [2.45, 2.75) is 79.4 Å². The van der Waals surface area contributed by atoms with Gasteiger partial charge in [0.2, 0.25) is 0 Å². The Labute approximate surface area is 244 Å². The number of amidine groups is 1. The van der Waals surface area contributed by atoms with Gasteiger partial charge in [0, 0.05) is 29.9 Å². The van der Waals surface area contributed by atoms with Gasteiger partial charge in [-0.1, -0.05) is 108 Å². The molecule has 2 atom stereocenters. The van der Waals surface area contributed by atoms with Gasteiger partial charge in [-0.25, -0.2) is 0 Å². The number of hydrogen-bond donors (Lipinski definition) is 3. The number of aliphatic imine (C=N–C) groups is 1. The van der Waals surface area contributed by atoms with Crippen LogP contribution in [0.1, 0.15) is 88.3 Å². The third-order valence-electron chi connectivity index (χ3n) is 6.22. The zero-order valence-corrected chi connectivity index (χ0v) is 25.7. The van der Waals surface area contributed by atoms with Crippen LogP contribution < -0.4 is 20.7 Å². The molecule has 0 saturated carbocycles. The van der Waals surface area contributed by atoms with E-state index in [0.29, 0.717) is 17.4 Å². The van der Waals surface area contributed by atoms with E-state index in [1.165, 1.54) is 37.0 Å². The molecule has 1 aliphatic rings. The number of halogens is 3. The van der Waals surface area contributed by atoms with Gasteiger partial charge in [-0.05, 0) is 44.2 Å². The summed E-state index contributed by atoms with van der Waals surface area (Å²) in [5, 5.41) is 9.53. The van der Waals surface area contributed by atoms with E-state index in [4.69, 9.17) is 0 Å². The third kappa shape index (κ3) is 11.9. The molecule has 3 N–H and O–H groups in total. The van der Waals surface area contributed by atoms with Gasteiger partial charge >= 0.3 is 6.36 Å². The molecule has 2 unspecified atom stereocenters. The number of anilines is 1. The predicted molar refractivity (Wildman–Crippen MR) is 167 cm³/mol. The van der Waals surface area contributed by atoms with Crippen LogP contribution in [0.25, 0.3) is 0 Å². The minimum Gasteiger partial charge on any atom is -0.405 e. The summed E-state index contributed by atoms with van der Waals surface area (Å²) < 4.78 is 42.1. The maximum Gasteiger partial charge on any atom is 0.573 e. The minimum absolute atomic E-state index is 0.248. The number of alkyl halides is 3. The summed E-state index contributed by atoms with van der Waals surface area (Å²) in [5.41, 5.74) is 4.39. The molecule has 0 spiro atoms. The quantitative estimate of drug-likeness (QED) is 0.276. The molecule has 0 amide bonds. The number of rotatable bonds is 6. The Balaban J connectivity index is 0.000000408. The average Bonchev–Trinajstić information content (AvgIpc) is 2.98. The van der Waals surface area contributed by atoms with Crippen molar-refractivity contribution in [3.05, 3.63) is 95.1 Å². The van der Waals surface area contributed by atoms with Gasteiger partial charge in [0.1, 0.15) is 17.8 Å². The molecular weight excluding hydrogens is 525 g/mol. The lowest BCUT2D eigenvalue weighted by Gasteiger charge is -2.32. The van der Waals surface area contributed by atoms with Gasteiger partial charge < -0.3 is 20.7 Å². The molecule has 8 heteroatoms. The molecule has 41 heavy (non-hydrogen) atoms. The highest BCUT2D eigenvalue weighted by molar-refractivity contribution is 6.06. The van der Waals surface area contributed by atoms with E-state index in [-0.39, 0.29) is 5.75 Å². The molecule has 1 aliphatic heterocycles. The summed E-state index contributed by atoms with van der Waals surface area (Å²) in [6.07, 6.45) is -1.26. The number of unbranched alkanes of at least 4 members (excludes halogenated alkanes) is 2. The first-order chi connectivity index (χ1) is 19.6. The van der Waals surface area contributed by atoms with Gasteiger partial charge in [0.05, 0.1) is 0 Å². The van der Waals surface area contributed by atoms with Crippen molar-refractivity contribution in [3.63, 3.8) is 0 Å². The monoisotopic (exact) mass is 572 g/mol. The first-order valence-corrected chi connectivity index (χ1v) is 14.3. The smallest absolute Gasteiger partial charge is 0.405 e. The van der Waals surface area contributed by atoms with Crippen LogP contribution in [-0.2, 0) is 0 Å². The number of aryl methyl sites for hydroxylation is 1. The second-order valence-electron chi connectivity index (χ2n) is 9.15. The Hall–Kier alpha value is -3.52. The van der Waals surface area contributed by atoms with Gasteiger partial charge in [-0.15, -0.1) is 13.2 Å². The molecule has 0 radical (unpaired) electrons. The standard InChI is InChI=1S/C17H16F3N3O.C9H13N.C5H12.C2H6/c1-10-6-5-8-12-14(10)22-16(23-15(12)21-2)11-7-3-4-9-13(11)24-17(18,19)20;1-8(10-2)9-6-4-3-5-7-9;1-3-5-4-2;1-2/h3-9,16,22H,1-2H3,(H,21,23);3-8,10H,1-2H3;3-5H2,1-2H3;1-2H3. The van der Waals surface area contributed by atoms with E-state index >= 15 is 0 Å². The molecular formula is C33H47F3N4O. The van der Waals surface area contributed by atoms with Gasteiger partial charge in [-0.2, -0.15) is 0 Å². The molecule has 0 aromatic heterocycles. The first kappa shape index (κ1) is 35.5. The van der Waals surface area contributed by atoms with Crippen LogP contribution in [0.4, 0.5) is 18.9 Å². The van der Waals surface area contributed by atoms with Crippen LogP contribution >= 0.6 is 0 Å². The van der Waals surface area contributed by atoms with E-state index in [1.807, 2.05) is 52.1 Å². The van der Waals surface area contributed by atoms with Gasteiger partial charge in [0.25, 0.3) is 0 Å².